The van der Waals surface area contributed by atoms with E-state index in [2.05, 4.69) is 0 Å². The second-order valence-corrected chi connectivity index (χ2v) is 5.77. The molecule has 0 bridgehead atoms. The van der Waals surface area contributed by atoms with Gasteiger partial charge in [0.05, 0.1) is 20.0 Å². The highest BCUT2D eigenvalue weighted by atomic mass is 16.6. The fourth-order valence-electron chi connectivity index (χ4n) is 3.39. The second kappa shape index (κ2) is 5.83. The van der Waals surface area contributed by atoms with Crippen molar-refractivity contribution in [2.75, 3.05) is 7.11 Å². The summed E-state index contributed by atoms with van der Waals surface area (Å²) in [6.07, 6.45) is 3.93. The summed E-state index contributed by atoms with van der Waals surface area (Å²) in [4.78, 5) is 22.7. The SMILES string of the molecule is COc1ccc([C@@H]2C=C[C@@H](CC(=O)O)[C@H]3CC(=O)O[C@H]32)cc1. The Morgan fingerprint density at radius 2 is 2.05 bits per heavy atom. The lowest BCUT2D eigenvalue weighted by atomic mass is 9.73. The van der Waals surface area contributed by atoms with Crippen molar-refractivity contribution in [3.63, 3.8) is 0 Å². The maximum atomic E-state index is 11.7. The van der Waals surface area contributed by atoms with Crippen LogP contribution in [-0.2, 0) is 14.3 Å². The van der Waals surface area contributed by atoms with Crippen LogP contribution in [0.3, 0.4) is 0 Å². The van der Waals surface area contributed by atoms with Crippen LogP contribution in [0.5, 0.6) is 5.75 Å². The first-order valence-corrected chi connectivity index (χ1v) is 7.32. The molecular weight excluding hydrogens is 284 g/mol. The van der Waals surface area contributed by atoms with Gasteiger partial charge in [0.25, 0.3) is 0 Å². The van der Waals surface area contributed by atoms with E-state index in [1.54, 1.807) is 7.11 Å². The first kappa shape index (κ1) is 14.6. The molecule has 5 nitrogen and oxygen atoms in total. The van der Waals surface area contributed by atoms with Crippen LogP contribution >= 0.6 is 0 Å². The molecule has 0 saturated carbocycles. The van der Waals surface area contributed by atoms with Crippen molar-refractivity contribution < 1.29 is 24.2 Å². The quantitative estimate of drug-likeness (QED) is 0.683. The highest BCUT2D eigenvalue weighted by Gasteiger charge is 2.45. The molecule has 1 N–H and O–H groups in total. The van der Waals surface area contributed by atoms with Crippen molar-refractivity contribution in [1.29, 1.82) is 0 Å². The fraction of sp³-hybridized carbons (Fsp3) is 0.412. The summed E-state index contributed by atoms with van der Waals surface area (Å²) in [7, 11) is 1.61. The molecule has 0 aromatic heterocycles. The number of carboxylic acid groups (broad SMARTS) is 1. The number of carbonyl (C=O) groups excluding carboxylic acids is 1. The molecule has 1 saturated heterocycles. The average molecular weight is 302 g/mol. The van der Waals surface area contributed by atoms with Gasteiger partial charge in [-0.2, -0.15) is 0 Å². The van der Waals surface area contributed by atoms with E-state index in [1.165, 1.54) is 0 Å². The Balaban J connectivity index is 1.88. The number of rotatable bonds is 4. The van der Waals surface area contributed by atoms with Crippen LogP contribution in [0.2, 0.25) is 0 Å². The van der Waals surface area contributed by atoms with E-state index in [9.17, 15) is 9.59 Å². The number of allylic oxidation sites excluding steroid dienone is 1. The molecule has 4 atom stereocenters. The number of methoxy groups -OCH3 is 1. The predicted molar refractivity (Wildman–Crippen MR) is 78.6 cm³/mol. The van der Waals surface area contributed by atoms with Crippen molar-refractivity contribution >= 4 is 11.9 Å². The van der Waals surface area contributed by atoms with Crippen molar-refractivity contribution in [3.05, 3.63) is 42.0 Å². The normalized spacial score (nSPS) is 29.8. The minimum absolute atomic E-state index is 0.0314. The van der Waals surface area contributed by atoms with Gasteiger partial charge in [-0.1, -0.05) is 24.3 Å². The molecular formula is C17H18O5. The number of carboxylic acids is 1. The molecule has 1 aliphatic carbocycles. The van der Waals surface area contributed by atoms with E-state index in [0.29, 0.717) is 6.42 Å². The van der Waals surface area contributed by atoms with Gasteiger partial charge in [0.2, 0.25) is 0 Å². The van der Waals surface area contributed by atoms with Crippen molar-refractivity contribution in [2.45, 2.75) is 24.9 Å². The van der Waals surface area contributed by atoms with Crippen molar-refractivity contribution in [1.82, 2.24) is 0 Å². The number of aliphatic carboxylic acids is 1. The molecule has 0 unspecified atom stereocenters. The van der Waals surface area contributed by atoms with Gasteiger partial charge in [0.15, 0.2) is 0 Å². The zero-order valence-corrected chi connectivity index (χ0v) is 12.3. The number of hydrogen-bond donors (Lipinski definition) is 1. The van der Waals surface area contributed by atoms with E-state index in [4.69, 9.17) is 14.6 Å². The van der Waals surface area contributed by atoms with Gasteiger partial charge < -0.3 is 14.6 Å². The third kappa shape index (κ3) is 2.71. The maximum Gasteiger partial charge on any atom is 0.306 e. The van der Waals surface area contributed by atoms with Crippen LogP contribution in [0.25, 0.3) is 0 Å². The van der Waals surface area contributed by atoms with E-state index < -0.39 is 5.97 Å². The summed E-state index contributed by atoms with van der Waals surface area (Å²) in [5, 5.41) is 9.02. The van der Waals surface area contributed by atoms with Crippen LogP contribution in [-0.4, -0.2) is 30.3 Å². The van der Waals surface area contributed by atoms with Gasteiger partial charge >= 0.3 is 11.9 Å². The number of benzene rings is 1. The van der Waals surface area contributed by atoms with Crippen LogP contribution in [0.1, 0.15) is 24.3 Å². The molecule has 0 radical (unpaired) electrons. The molecule has 1 aromatic rings. The number of hydrogen-bond acceptors (Lipinski definition) is 4. The molecule has 22 heavy (non-hydrogen) atoms. The summed E-state index contributed by atoms with van der Waals surface area (Å²) < 4.78 is 10.6. The Labute approximate surface area is 128 Å². The zero-order valence-electron chi connectivity index (χ0n) is 12.3. The highest BCUT2D eigenvalue weighted by Crippen LogP contribution is 2.44. The predicted octanol–water partition coefficient (Wildman–Crippen LogP) is 2.37. The molecule has 1 fully saturated rings. The van der Waals surface area contributed by atoms with Gasteiger partial charge in [-0.15, -0.1) is 0 Å². The number of esters is 1. The lowest BCUT2D eigenvalue weighted by Gasteiger charge is -2.33. The third-order valence-electron chi connectivity index (χ3n) is 4.47. The molecule has 0 amide bonds. The minimum atomic E-state index is -0.851. The first-order chi connectivity index (χ1) is 10.6. The summed E-state index contributed by atoms with van der Waals surface area (Å²) in [5.74, 6) is -0.577. The summed E-state index contributed by atoms with van der Waals surface area (Å²) in [6, 6.07) is 7.65. The zero-order chi connectivity index (χ0) is 15.7. The van der Waals surface area contributed by atoms with Crippen molar-refractivity contribution in [2.24, 2.45) is 11.8 Å². The minimum Gasteiger partial charge on any atom is -0.497 e. The molecule has 3 rings (SSSR count). The van der Waals surface area contributed by atoms with E-state index in [-0.39, 0.29) is 36.2 Å². The number of fused-ring (bicyclic) bond motifs is 1. The van der Waals surface area contributed by atoms with Crippen LogP contribution in [0.15, 0.2) is 36.4 Å². The average Bonchev–Trinajstić information content (AvgIpc) is 2.89. The Kier molecular flexibility index (Phi) is 3.88. The Morgan fingerprint density at radius 3 is 2.68 bits per heavy atom. The van der Waals surface area contributed by atoms with E-state index >= 15 is 0 Å². The Morgan fingerprint density at radius 1 is 1.32 bits per heavy atom. The standard InChI is InChI=1S/C17H18O5/c1-21-12-5-2-10(3-6-12)13-7-4-11(8-15(18)19)14-9-16(20)22-17(13)14/h2-7,11,13-14,17H,8-9H2,1H3,(H,18,19)/t11-,13-,14+,17-/m0/s1. The van der Waals surface area contributed by atoms with Gasteiger partial charge in [0, 0.05) is 11.8 Å². The maximum absolute atomic E-state index is 11.7. The van der Waals surface area contributed by atoms with E-state index in [0.717, 1.165) is 11.3 Å². The smallest absolute Gasteiger partial charge is 0.306 e. The van der Waals surface area contributed by atoms with E-state index in [1.807, 2.05) is 36.4 Å². The highest BCUT2D eigenvalue weighted by molar-refractivity contribution is 5.73. The second-order valence-electron chi connectivity index (χ2n) is 5.77. The first-order valence-electron chi connectivity index (χ1n) is 7.32. The third-order valence-corrected chi connectivity index (χ3v) is 4.47. The van der Waals surface area contributed by atoms with Gasteiger partial charge in [-0.25, -0.2) is 0 Å². The monoisotopic (exact) mass is 302 g/mol. The molecule has 1 aliphatic heterocycles. The van der Waals surface area contributed by atoms with Crippen molar-refractivity contribution in [3.8, 4) is 5.75 Å². The molecule has 5 heteroatoms. The van der Waals surface area contributed by atoms with Gasteiger partial charge in [-0.05, 0) is 23.6 Å². The molecule has 1 heterocycles. The lowest BCUT2D eigenvalue weighted by Crippen LogP contribution is -2.33. The molecule has 2 aliphatic rings. The summed E-state index contributed by atoms with van der Waals surface area (Å²) in [6.45, 7) is 0. The van der Waals surface area contributed by atoms with Gasteiger partial charge in [-0.3, -0.25) is 9.59 Å². The van der Waals surface area contributed by atoms with Crippen LogP contribution in [0, 0.1) is 11.8 Å². The molecule has 1 aromatic carbocycles. The molecule has 0 spiro atoms. The molecule has 116 valence electrons. The largest absolute Gasteiger partial charge is 0.497 e. The lowest BCUT2D eigenvalue weighted by molar-refractivity contribution is -0.142. The summed E-state index contributed by atoms with van der Waals surface area (Å²) >= 11 is 0. The summed E-state index contributed by atoms with van der Waals surface area (Å²) in [5.41, 5.74) is 1.04. The number of ether oxygens (including phenoxy) is 2. The van der Waals surface area contributed by atoms with Gasteiger partial charge in [0.1, 0.15) is 11.9 Å². The fourth-order valence-corrected chi connectivity index (χ4v) is 3.39. The van der Waals surface area contributed by atoms with Crippen LogP contribution in [0.4, 0.5) is 0 Å². The number of carbonyl (C=O) groups is 2. The van der Waals surface area contributed by atoms with Crippen LogP contribution < -0.4 is 4.74 Å². The Hall–Kier alpha value is -2.30. The Bertz CT molecular complexity index is 604. The topological polar surface area (TPSA) is 72.8 Å².